The van der Waals surface area contributed by atoms with Crippen LogP contribution in [0.4, 0.5) is 31.8 Å². The van der Waals surface area contributed by atoms with Gasteiger partial charge in [0.05, 0.1) is 18.5 Å². The zero-order valence-corrected chi connectivity index (χ0v) is 34.0. The number of aromatic nitrogens is 2. The Morgan fingerprint density at radius 2 is 1.63 bits per heavy atom. The van der Waals surface area contributed by atoms with Gasteiger partial charge in [-0.3, -0.25) is 29.4 Å². The molecule has 1 unspecified atom stereocenters. The predicted molar refractivity (Wildman–Crippen MR) is 223 cm³/mol. The zero-order valence-electron chi connectivity index (χ0n) is 34.0. The molecule has 5 aliphatic rings. The average Bonchev–Trinajstić information content (AvgIpc) is 3.26. The molecule has 0 radical (unpaired) electrons. The van der Waals surface area contributed by atoms with Crippen molar-refractivity contribution < 1.29 is 32.7 Å². The van der Waals surface area contributed by atoms with Crippen LogP contribution in [0.3, 0.4) is 0 Å². The summed E-state index contributed by atoms with van der Waals surface area (Å²) < 4.78 is 35.4. The van der Waals surface area contributed by atoms with Crippen LogP contribution in [-0.2, 0) is 23.9 Å². The van der Waals surface area contributed by atoms with E-state index in [0.29, 0.717) is 66.5 Å². The first-order chi connectivity index (χ1) is 29.1. The van der Waals surface area contributed by atoms with Crippen LogP contribution in [0.5, 0.6) is 0 Å². The lowest BCUT2D eigenvalue weighted by molar-refractivity contribution is -0.133. The number of amides is 4. The number of carbonyl (C=O) groups is 4. The summed E-state index contributed by atoms with van der Waals surface area (Å²) in [5.41, 5.74) is 2.48. The smallest absolute Gasteiger partial charge is 0.253 e. The Morgan fingerprint density at radius 3 is 2.38 bits per heavy atom. The second-order valence-corrected chi connectivity index (χ2v) is 17.0. The Kier molecular flexibility index (Phi) is 13.2. The Hall–Kier alpha value is -5.22. The van der Waals surface area contributed by atoms with E-state index in [4.69, 9.17) is 4.74 Å². The third-order valence-corrected chi connectivity index (χ3v) is 12.9. The SMILES string of the molecule is O=C1CCC(Nc2ccc(N3CCN(CC4CCC(CNC(=O)C5CCC(Nc6ncc(F)c(-c7cccc(N8CCOCC8=O)c7)n6)CC5)CC4)CC3)c(F)c2)C(=O)N1. The Morgan fingerprint density at radius 1 is 0.850 bits per heavy atom. The van der Waals surface area contributed by atoms with Gasteiger partial charge in [0.15, 0.2) is 5.82 Å². The molecule has 0 spiro atoms. The molecule has 4 N–H and O–H groups in total. The molecule has 8 rings (SSSR count). The number of piperazine rings is 1. The van der Waals surface area contributed by atoms with E-state index in [-0.39, 0.29) is 60.1 Å². The molecule has 60 heavy (non-hydrogen) atoms. The summed E-state index contributed by atoms with van der Waals surface area (Å²) in [4.78, 5) is 64.0. The zero-order chi connectivity index (χ0) is 41.6. The lowest BCUT2D eigenvalue weighted by Crippen LogP contribution is -2.48. The van der Waals surface area contributed by atoms with Crippen LogP contribution in [0.25, 0.3) is 11.3 Å². The van der Waals surface area contributed by atoms with E-state index in [1.165, 1.54) is 12.3 Å². The molecular weight excluding hydrogens is 773 g/mol. The largest absolute Gasteiger partial charge is 0.374 e. The minimum atomic E-state index is -0.553. The van der Waals surface area contributed by atoms with Gasteiger partial charge in [-0.2, -0.15) is 0 Å². The molecule has 3 aromatic rings. The highest BCUT2D eigenvalue weighted by atomic mass is 19.1. The normalized spacial score (nSPS) is 25.4. The molecule has 16 heteroatoms. The van der Waals surface area contributed by atoms with Crippen LogP contribution in [0.15, 0.2) is 48.7 Å². The van der Waals surface area contributed by atoms with Gasteiger partial charge in [0, 0.05) is 81.1 Å². The van der Waals surface area contributed by atoms with E-state index < -0.39 is 11.9 Å². The third-order valence-electron chi connectivity index (χ3n) is 12.9. The number of imide groups is 1. The van der Waals surface area contributed by atoms with E-state index in [2.05, 4.69) is 41.0 Å². The van der Waals surface area contributed by atoms with E-state index >= 15 is 4.39 Å². The molecule has 5 fully saturated rings. The summed E-state index contributed by atoms with van der Waals surface area (Å²) >= 11 is 0. The highest BCUT2D eigenvalue weighted by Crippen LogP contribution is 2.32. The number of hydrogen-bond acceptors (Lipinski definition) is 11. The van der Waals surface area contributed by atoms with Gasteiger partial charge >= 0.3 is 0 Å². The second kappa shape index (κ2) is 19.0. The standard InChI is InChI=1S/C44H55F2N9O5/c45-35-23-33(49-37-13-15-39(56)51-43(37)59)12-14-38(35)54-18-16-53(17-19-54)26-29-6-4-28(5-7-29)24-47-42(58)30-8-10-32(11-9-30)50-44-48-25-36(46)41(52-44)31-2-1-3-34(22-31)55-20-21-60-27-40(55)57/h1-3,12,14,22-23,25,28-30,32,37,49H,4-11,13,15-21,24,26-27H2,(H,47,58)(H,48,50,52)(H,51,56,59). The van der Waals surface area contributed by atoms with Gasteiger partial charge in [-0.25, -0.2) is 18.7 Å². The number of nitrogens with zero attached hydrogens (tertiary/aromatic N) is 5. The molecule has 2 aliphatic carbocycles. The van der Waals surface area contributed by atoms with Crippen molar-refractivity contribution in [1.82, 2.24) is 25.5 Å². The third kappa shape index (κ3) is 10.2. The summed E-state index contributed by atoms with van der Waals surface area (Å²) in [6, 6.07) is 11.6. The average molecular weight is 828 g/mol. The van der Waals surface area contributed by atoms with E-state index in [9.17, 15) is 23.6 Å². The molecule has 0 bridgehead atoms. The van der Waals surface area contributed by atoms with Crippen molar-refractivity contribution in [1.29, 1.82) is 0 Å². The molecule has 2 saturated carbocycles. The number of morpholine rings is 1. The number of ether oxygens (including phenoxy) is 1. The maximum atomic E-state index is 15.2. The van der Waals surface area contributed by atoms with Crippen LogP contribution in [-0.4, -0.2) is 110 Å². The predicted octanol–water partition coefficient (Wildman–Crippen LogP) is 4.72. The van der Waals surface area contributed by atoms with Crippen molar-refractivity contribution in [2.75, 3.05) is 79.5 Å². The summed E-state index contributed by atoms with van der Waals surface area (Å²) in [7, 11) is 0. The van der Waals surface area contributed by atoms with Crippen molar-refractivity contribution in [2.45, 2.75) is 76.3 Å². The van der Waals surface area contributed by atoms with E-state index in [1.54, 1.807) is 35.2 Å². The molecule has 1 aromatic heterocycles. The summed E-state index contributed by atoms with van der Waals surface area (Å²) in [6.45, 7) is 5.88. The first-order valence-electron chi connectivity index (χ1n) is 21.6. The first kappa shape index (κ1) is 41.5. The van der Waals surface area contributed by atoms with Gasteiger partial charge in [-0.1, -0.05) is 12.1 Å². The Bertz CT molecular complexity index is 2030. The molecule has 14 nitrogen and oxygen atoms in total. The van der Waals surface area contributed by atoms with Gasteiger partial charge in [-0.05, 0) is 100.0 Å². The van der Waals surface area contributed by atoms with Crippen LogP contribution in [0.1, 0.15) is 64.2 Å². The molecule has 2 aromatic carbocycles. The Balaban J connectivity index is 0.720. The van der Waals surface area contributed by atoms with Gasteiger partial charge < -0.3 is 30.5 Å². The van der Waals surface area contributed by atoms with Crippen molar-refractivity contribution in [3.05, 3.63) is 60.3 Å². The molecular formula is C44H55F2N9O5. The van der Waals surface area contributed by atoms with Crippen LogP contribution in [0, 0.1) is 29.4 Å². The number of hydrogen-bond donors (Lipinski definition) is 4. The number of anilines is 4. The number of rotatable bonds is 12. The fourth-order valence-corrected chi connectivity index (χ4v) is 9.36. The molecule has 320 valence electrons. The summed E-state index contributed by atoms with van der Waals surface area (Å²) in [5.74, 6) is -0.135. The first-order valence-corrected chi connectivity index (χ1v) is 21.6. The van der Waals surface area contributed by atoms with Gasteiger partial charge in [0.2, 0.25) is 23.7 Å². The summed E-state index contributed by atoms with van der Waals surface area (Å²) in [5, 5.41) is 12.0. The lowest BCUT2D eigenvalue weighted by Gasteiger charge is -2.39. The number of benzene rings is 2. The molecule has 3 aliphatic heterocycles. The van der Waals surface area contributed by atoms with Crippen LogP contribution in [0.2, 0.25) is 0 Å². The van der Waals surface area contributed by atoms with Crippen molar-refractivity contribution >= 4 is 46.6 Å². The number of piperidine rings is 1. The molecule has 3 saturated heterocycles. The lowest BCUT2D eigenvalue weighted by atomic mass is 9.81. The maximum absolute atomic E-state index is 15.2. The number of carbonyl (C=O) groups excluding carboxylic acids is 4. The highest BCUT2D eigenvalue weighted by molar-refractivity contribution is 6.01. The van der Waals surface area contributed by atoms with Gasteiger partial charge in [0.1, 0.15) is 24.2 Å². The Labute approximate surface area is 349 Å². The van der Waals surface area contributed by atoms with E-state index in [0.717, 1.165) is 84.1 Å². The minimum absolute atomic E-state index is 0.0237. The monoisotopic (exact) mass is 827 g/mol. The second-order valence-electron chi connectivity index (χ2n) is 17.0. The number of halogens is 2. The molecule has 4 amide bonds. The topological polar surface area (TPSA) is 161 Å². The summed E-state index contributed by atoms with van der Waals surface area (Å²) in [6.07, 6.45) is 9.38. The maximum Gasteiger partial charge on any atom is 0.253 e. The molecule has 1 atom stereocenters. The number of nitrogens with one attached hydrogen (secondary N) is 4. The van der Waals surface area contributed by atoms with Crippen LogP contribution < -0.4 is 31.1 Å². The van der Waals surface area contributed by atoms with Gasteiger partial charge in [-0.15, -0.1) is 0 Å². The van der Waals surface area contributed by atoms with Gasteiger partial charge in [0.25, 0.3) is 5.91 Å². The van der Waals surface area contributed by atoms with Crippen molar-refractivity contribution in [3.63, 3.8) is 0 Å². The van der Waals surface area contributed by atoms with Crippen molar-refractivity contribution in [2.24, 2.45) is 17.8 Å². The minimum Gasteiger partial charge on any atom is -0.374 e. The molecule has 4 heterocycles. The van der Waals surface area contributed by atoms with Crippen molar-refractivity contribution in [3.8, 4) is 11.3 Å². The van der Waals surface area contributed by atoms with Crippen LogP contribution >= 0.6 is 0 Å². The quantitative estimate of drug-likeness (QED) is 0.187. The fraction of sp³-hybridized carbons (Fsp3) is 0.545. The van der Waals surface area contributed by atoms with E-state index in [1.807, 2.05) is 6.07 Å². The highest BCUT2D eigenvalue weighted by Gasteiger charge is 2.31. The fourth-order valence-electron chi connectivity index (χ4n) is 9.36.